The van der Waals surface area contributed by atoms with Gasteiger partial charge in [-0.15, -0.1) is 0 Å². The summed E-state index contributed by atoms with van der Waals surface area (Å²) in [6.45, 7) is 4.25. The van der Waals surface area contributed by atoms with Crippen LogP contribution in [0.15, 0.2) is 16.8 Å². The van der Waals surface area contributed by atoms with Crippen LogP contribution in [-0.2, 0) is 9.59 Å². The summed E-state index contributed by atoms with van der Waals surface area (Å²) >= 11 is 1.43. The molecule has 6 nitrogen and oxygen atoms in total. The Morgan fingerprint density at radius 1 is 1.43 bits per heavy atom. The first kappa shape index (κ1) is 17.2. The van der Waals surface area contributed by atoms with Crippen molar-refractivity contribution < 1.29 is 19.5 Å². The summed E-state index contributed by atoms with van der Waals surface area (Å²) in [6.07, 6.45) is 0.163. The van der Waals surface area contributed by atoms with Gasteiger partial charge in [-0.3, -0.25) is 14.4 Å². The van der Waals surface area contributed by atoms with E-state index in [4.69, 9.17) is 5.11 Å². The second-order valence-corrected chi connectivity index (χ2v) is 5.47. The number of aliphatic carboxylic acids is 1. The average Bonchev–Trinajstić information content (AvgIpc) is 2.98. The molecule has 2 N–H and O–H groups in total. The molecule has 0 aliphatic carbocycles. The minimum Gasteiger partial charge on any atom is -0.481 e. The van der Waals surface area contributed by atoms with Crippen molar-refractivity contribution in [1.82, 2.24) is 10.2 Å². The van der Waals surface area contributed by atoms with Crippen molar-refractivity contribution in [2.24, 2.45) is 5.92 Å². The highest BCUT2D eigenvalue weighted by Crippen LogP contribution is 2.06. The minimum absolute atomic E-state index is 0.156. The molecule has 0 bridgehead atoms. The van der Waals surface area contributed by atoms with Crippen LogP contribution in [0.3, 0.4) is 0 Å². The van der Waals surface area contributed by atoms with Crippen molar-refractivity contribution in [1.29, 1.82) is 0 Å². The Bertz CT molecular complexity index is 487. The normalized spacial score (nSPS) is 11.7. The van der Waals surface area contributed by atoms with Crippen LogP contribution >= 0.6 is 11.3 Å². The van der Waals surface area contributed by atoms with Gasteiger partial charge in [0, 0.05) is 37.0 Å². The highest BCUT2D eigenvalue weighted by molar-refractivity contribution is 7.08. The molecule has 0 aliphatic rings. The van der Waals surface area contributed by atoms with Crippen LogP contribution in [0.25, 0.3) is 0 Å². The third-order valence-electron chi connectivity index (χ3n) is 3.06. The van der Waals surface area contributed by atoms with Crippen molar-refractivity contribution in [2.45, 2.75) is 20.3 Å². The average molecular weight is 312 g/mol. The van der Waals surface area contributed by atoms with Gasteiger partial charge in [0.05, 0.1) is 5.92 Å². The monoisotopic (exact) mass is 312 g/mol. The highest BCUT2D eigenvalue weighted by Gasteiger charge is 2.19. The lowest BCUT2D eigenvalue weighted by Gasteiger charge is -2.23. The zero-order valence-corrected chi connectivity index (χ0v) is 13.0. The number of rotatable bonds is 8. The molecule has 1 atom stereocenters. The van der Waals surface area contributed by atoms with Crippen LogP contribution in [0.5, 0.6) is 0 Å². The van der Waals surface area contributed by atoms with Gasteiger partial charge in [0.15, 0.2) is 0 Å². The van der Waals surface area contributed by atoms with E-state index in [1.807, 2.05) is 5.38 Å². The Hall–Kier alpha value is -1.89. The van der Waals surface area contributed by atoms with E-state index in [-0.39, 0.29) is 31.3 Å². The molecule has 0 saturated heterocycles. The number of thiophene rings is 1. The molecule has 0 aromatic carbocycles. The van der Waals surface area contributed by atoms with E-state index >= 15 is 0 Å². The van der Waals surface area contributed by atoms with E-state index in [0.717, 1.165) is 0 Å². The maximum Gasteiger partial charge on any atom is 0.308 e. The van der Waals surface area contributed by atoms with Crippen molar-refractivity contribution >= 4 is 29.1 Å². The molecule has 1 unspecified atom stereocenters. The van der Waals surface area contributed by atoms with Crippen LogP contribution in [0.2, 0.25) is 0 Å². The molecular weight excluding hydrogens is 292 g/mol. The predicted molar refractivity (Wildman–Crippen MR) is 80.3 cm³/mol. The fraction of sp³-hybridized carbons (Fsp3) is 0.500. The second kappa shape index (κ2) is 8.41. The number of carboxylic acids is 1. The molecule has 1 aromatic rings. The molecule has 21 heavy (non-hydrogen) atoms. The van der Waals surface area contributed by atoms with E-state index in [0.29, 0.717) is 12.1 Å². The maximum absolute atomic E-state index is 12.0. The van der Waals surface area contributed by atoms with Gasteiger partial charge in [-0.1, -0.05) is 6.92 Å². The molecule has 0 saturated carbocycles. The largest absolute Gasteiger partial charge is 0.481 e. The lowest BCUT2D eigenvalue weighted by molar-refractivity contribution is -0.143. The van der Waals surface area contributed by atoms with E-state index in [1.165, 1.54) is 16.2 Å². The minimum atomic E-state index is -0.924. The third-order valence-corrected chi connectivity index (χ3v) is 3.74. The number of carbonyl (C=O) groups is 3. The lowest BCUT2D eigenvalue weighted by Crippen LogP contribution is -2.38. The van der Waals surface area contributed by atoms with Gasteiger partial charge in [0.1, 0.15) is 0 Å². The van der Waals surface area contributed by atoms with E-state index in [1.54, 1.807) is 25.3 Å². The number of carbonyl (C=O) groups excluding carboxylic acids is 2. The van der Waals surface area contributed by atoms with Gasteiger partial charge in [-0.2, -0.15) is 11.3 Å². The Morgan fingerprint density at radius 2 is 2.14 bits per heavy atom. The summed E-state index contributed by atoms with van der Waals surface area (Å²) in [5.41, 5.74) is 0.583. The molecule has 116 valence electrons. The van der Waals surface area contributed by atoms with Crippen LogP contribution in [-0.4, -0.2) is 47.4 Å². The van der Waals surface area contributed by atoms with Gasteiger partial charge < -0.3 is 15.3 Å². The molecule has 0 aliphatic heterocycles. The van der Waals surface area contributed by atoms with Crippen molar-refractivity contribution in [2.75, 3.05) is 19.6 Å². The molecule has 2 amide bonds. The third kappa shape index (κ3) is 5.55. The summed E-state index contributed by atoms with van der Waals surface area (Å²) in [5.74, 6) is -1.89. The number of hydrogen-bond donors (Lipinski definition) is 2. The highest BCUT2D eigenvalue weighted by atomic mass is 32.1. The fourth-order valence-corrected chi connectivity index (χ4v) is 2.39. The van der Waals surface area contributed by atoms with Gasteiger partial charge in [-0.05, 0) is 18.4 Å². The van der Waals surface area contributed by atoms with Crippen molar-refractivity contribution in [3.63, 3.8) is 0 Å². The molecular formula is C14H20N2O4S. The van der Waals surface area contributed by atoms with E-state index < -0.39 is 11.9 Å². The SMILES string of the molecule is CCN(CC(C)C(=O)O)C(=O)CCNC(=O)c1ccsc1. The Morgan fingerprint density at radius 3 is 2.67 bits per heavy atom. The Kier molecular flexibility index (Phi) is 6.87. The summed E-state index contributed by atoms with van der Waals surface area (Å²) in [6, 6.07) is 1.72. The predicted octanol–water partition coefficient (Wildman–Crippen LogP) is 1.44. The molecule has 1 rings (SSSR count). The molecule has 7 heteroatoms. The number of hydrogen-bond acceptors (Lipinski definition) is 4. The molecule has 1 aromatic heterocycles. The molecule has 0 spiro atoms. The Balaban J connectivity index is 2.37. The Labute approximate surface area is 127 Å². The van der Waals surface area contributed by atoms with Crippen molar-refractivity contribution in [3.8, 4) is 0 Å². The van der Waals surface area contributed by atoms with Crippen LogP contribution in [0.4, 0.5) is 0 Å². The molecule has 1 heterocycles. The van der Waals surface area contributed by atoms with Gasteiger partial charge >= 0.3 is 5.97 Å². The second-order valence-electron chi connectivity index (χ2n) is 4.69. The summed E-state index contributed by atoms with van der Waals surface area (Å²) in [5, 5.41) is 15.1. The van der Waals surface area contributed by atoms with E-state index in [2.05, 4.69) is 5.32 Å². The smallest absolute Gasteiger partial charge is 0.308 e. The fourth-order valence-electron chi connectivity index (χ4n) is 1.75. The topological polar surface area (TPSA) is 86.7 Å². The summed E-state index contributed by atoms with van der Waals surface area (Å²) in [7, 11) is 0. The number of nitrogens with zero attached hydrogens (tertiary/aromatic N) is 1. The van der Waals surface area contributed by atoms with E-state index in [9.17, 15) is 14.4 Å². The first-order chi connectivity index (χ1) is 9.95. The molecule has 0 radical (unpaired) electrons. The summed E-state index contributed by atoms with van der Waals surface area (Å²) in [4.78, 5) is 36.0. The lowest BCUT2D eigenvalue weighted by atomic mass is 10.1. The zero-order chi connectivity index (χ0) is 15.8. The van der Waals surface area contributed by atoms with Gasteiger partial charge in [0.2, 0.25) is 5.91 Å². The van der Waals surface area contributed by atoms with Gasteiger partial charge in [-0.25, -0.2) is 0 Å². The first-order valence-corrected chi connectivity index (χ1v) is 7.71. The zero-order valence-electron chi connectivity index (χ0n) is 12.2. The first-order valence-electron chi connectivity index (χ1n) is 6.76. The number of amides is 2. The van der Waals surface area contributed by atoms with Crippen LogP contribution in [0, 0.1) is 5.92 Å². The van der Waals surface area contributed by atoms with Crippen molar-refractivity contribution in [3.05, 3.63) is 22.4 Å². The maximum atomic E-state index is 12.0. The van der Waals surface area contributed by atoms with Gasteiger partial charge in [0.25, 0.3) is 5.91 Å². The standard InChI is InChI=1S/C14H20N2O4S/c1-3-16(8-10(2)14(19)20)12(17)4-6-15-13(18)11-5-7-21-9-11/h5,7,9-10H,3-4,6,8H2,1-2H3,(H,15,18)(H,19,20). The van der Waals surface area contributed by atoms with Crippen LogP contribution in [0.1, 0.15) is 30.6 Å². The number of nitrogens with one attached hydrogen (secondary N) is 1. The molecule has 0 fully saturated rings. The number of carboxylic acid groups (broad SMARTS) is 1. The quantitative estimate of drug-likeness (QED) is 0.760. The van der Waals surface area contributed by atoms with Crippen LogP contribution < -0.4 is 5.32 Å². The summed E-state index contributed by atoms with van der Waals surface area (Å²) < 4.78 is 0.